The zero-order chi connectivity index (χ0) is 19.8. The molecule has 0 fully saturated rings. The maximum atomic E-state index is 12.9. The van der Waals surface area contributed by atoms with Crippen molar-refractivity contribution >= 4 is 38.6 Å². The maximum absolute atomic E-state index is 12.9. The molecule has 4 aromatic rings. The Morgan fingerprint density at radius 1 is 1.11 bits per heavy atom. The lowest BCUT2D eigenvalue weighted by molar-refractivity contribution is -0.116. The topological polar surface area (TPSA) is 51.9 Å². The minimum atomic E-state index is -0.0779. The summed E-state index contributed by atoms with van der Waals surface area (Å²) in [4.78, 5) is 12.9. The number of anilines is 1. The quantitative estimate of drug-likeness (QED) is 0.485. The Labute approximate surface area is 172 Å². The Kier molecular flexibility index (Phi) is 4.81. The van der Waals surface area contributed by atoms with Gasteiger partial charge in [0, 0.05) is 28.3 Å². The van der Waals surface area contributed by atoms with Gasteiger partial charge in [-0.15, -0.1) is 0 Å². The summed E-state index contributed by atoms with van der Waals surface area (Å²) in [5.74, 6) is 0.629. The molecule has 28 heavy (non-hydrogen) atoms. The van der Waals surface area contributed by atoms with Crippen LogP contribution in [0.3, 0.4) is 0 Å². The molecule has 6 heteroatoms. The number of fused-ring (bicyclic) bond motifs is 1. The van der Waals surface area contributed by atoms with Crippen LogP contribution in [0, 0.1) is 13.8 Å². The first-order valence-corrected chi connectivity index (χ1v) is 9.87. The molecule has 1 amide bonds. The summed E-state index contributed by atoms with van der Waals surface area (Å²) < 4.78 is 4.77. The van der Waals surface area contributed by atoms with Crippen LogP contribution in [0.1, 0.15) is 11.4 Å². The Hall–Kier alpha value is -2.86. The molecule has 2 heterocycles. The summed E-state index contributed by atoms with van der Waals surface area (Å²) in [6.45, 7) is 4.23. The number of nitrogens with one attached hydrogen (secondary N) is 1. The van der Waals surface area contributed by atoms with Gasteiger partial charge in [-0.1, -0.05) is 46.3 Å². The first-order valence-electron chi connectivity index (χ1n) is 9.08. The number of aryl methyl sites for hydroxylation is 3. The number of para-hydroxylation sites is 1. The third-order valence-corrected chi connectivity index (χ3v) is 5.46. The number of halogens is 1. The number of nitrogens with zero attached hydrogens (tertiary/aromatic N) is 3. The molecule has 0 aliphatic heterocycles. The van der Waals surface area contributed by atoms with Crippen molar-refractivity contribution in [3.05, 3.63) is 70.5 Å². The summed E-state index contributed by atoms with van der Waals surface area (Å²) >= 11 is 3.47. The van der Waals surface area contributed by atoms with Crippen LogP contribution in [-0.4, -0.2) is 20.3 Å². The smallest absolute Gasteiger partial charge is 0.245 e. The van der Waals surface area contributed by atoms with Crippen molar-refractivity contribution in [2.45, 2.75) is 20.4 Å². The largest absolute Gasteiger partial charge is 0.335 e. The summed E-state index contributed by atoms with van der Waals surface area (Å²) in [7, 11) is 1.85. The molecule has 5 nitrogen and oxygen atoms in total. The normalized spacial score (nSPS) is 11.1. The van der Waals surface area contributed by atoms with Crippen molar-refractivity contribution in [2.75, 3.05) is 5.32 Å². The van der Waals surface area contributed by atoms with Gasteiger partial charge in [0.25, 0.3) is 0 Å². The lowest BCUT2D eigenvalue weighted by Crippen LogP contribution is -2.21. The predicted octanol–water partition coefficient (Wildman–Crippen LogP) is 5.06. The molecule has 0 radical (unpaired) electrons. The van der Waals surface area contributed by atoms with E-state index in [2.05, 4.69) is 38.5 Å². The van der Waals surface area contributed by atoms with Crippen LogP contribution < -0.4 is 5.32 Å². The van der Waals surface area contributed by atoms with Crippen molar-refractivity contribution in [3.8, 4) is 11.1 Å². The third kappa shape index (κ3) is 3.36. The SMILES string of the molecule is Cc1nn(C)c(NC(=O)Cn2c(C)cc3ccccc32)c1-c1ccc(Br)cc1. The number of benzene rings is 2. The van der Waals surface area contributed by atoms with Crippen molar-refractivity contribution < 1.29 is 4.79 Å². The standard InChI is InChI=1S/C22H21BrN4O/c1-14-12-17-6-4-5-7-19(17)27(14)13-20(28)24-22-21(15(2)25-26(22)3)16-8-10-18(23)11-9-16/h4-12H,13H2,1-3H3,(H,24,28). The van der Waals surface area contributed by atoms with E-state index >= 15 is 0 Å². The second-order valence-corrected chi connectivity index (χ2v) is 7.83. The maximum Gasteiger partial charge on any atom is 0.245 e. The Morgan fingerprint density at radius 2 is 1.82 bits per heavy atom. The minimum absolute atomic E-state index is 0.0779. The molecule has 0 bridgehead atoms. The number of aromatic nitrogens is 3. The monoisotopic (exact) mass is 436 g/mol. The second kappa shape index (κ2) is 7.28. The molecular formula is C22H21BrN4O. The van der Waals surface area contributed by atoms with Crippen molar-refractivity contribution in [1.29, 1.82) is 0 Å². The zero-order valence-electron chi connectivity index (χ0n) is 16.0. The van der Waals surface area contributed by atoms with Crippen LogP contribution in [-0.2, 0) is 18.4 Å². The molecule has 4 rings (SSSR count). The highest BCUT2D eigenvalue weighted by Gasteiger charge is 2.18. The number of hydrogen-bond donors (Lipinski definition) is 1. The van der Waals surface area contributed by atoms with E-state index < -0.39 is 0 Å². The Morgan fingerprint density at radius 3 is 2.57 bits per heavy atom. The van der Waals surface area contributed by atoms with Crippen LogP contribution in [0.5, 0.6) is 0 Å². The van der Waals surface area contributed by atoms with E-state index in [0.29, 0.717) is 5.82 Å². The second-order valence-electron chi connectivity index (χ2n) is 6.92. The lowest BCUT2D eigenvalue weighted by Gasteiger charge is -2.12. The molecule has 0 spiro atoms. The van der Waals surface area contributed by atoms with Crippen LogP contribution in [0.25, 0.3) is 22.0 Å². The van der Waals surface area contributed by atoms with E-state index in [-0.39, 0.29) is 12.5 Å². The van der Waals surface area contributed by atoms with Crippen molar-refractivity contribution in [3.63, 3.8) is 0 Å². The van der Waals surface area contributed by atoms with Gasteiger partial charge in [0.2, 0.25) is 5.91 Å². The fourth-order valence-corrected chi connectivity index (χ4v) is 3.90. The van der Waals surface area contributed by atoms with Crippen molar-refractivity contribution in [2.24, 2.45) is 7.05 Å². The highest BCUT2D eigenvalue weighted by atomic mass is 79.9. The van der Waals surface area contributed by atoms with E-state index in [1.807, 2.05) is 67.9 Å². The Balaban J connectivity index is 1.65. The third-order valence-electron chi connectivity index (χ3n) is 4.93. The average Bonchev–Trinajstić information content (AvgIpc) is 3.12. The summed E-state index contributed by atoms with van der Waals surface area (Å²) in [6.07, 6.45) is 0. The fourth-order valence-electron chi connectivity index (χ4n) is 3.64. The van der Waals surface area contributed by atoms with E-state index in [4.69, 9.17) is 0 Å². The van der Waals surface area contributed by atoms with E-state index in [1.54, 1.807) is 4.68 Å². The predicted molar refractivity (Wildman–Crippen MR) is 116 cm³/mol. The number of rotatable bonds is 4. The summed E-state index contributed by atoms with van der Waals surface area (Å²) in [6, 6.07) is 18.2. The molecule has 0 saturated carbocycles. The minimum Gasteiger partial charge on any atom is -0.335 e. The molecule has 0 aliphatic carbocycles. The first kappa shape index (κ1) is 18.5. The van der Waals surface area contributed by atoms with Gasteiger partial charge in [-0.3, -0.25) is 9.48 Å². The molecule has 142 valence electrons. The van der Waals surface area contributed by atoms with Gasteiger partial charge < -0.3 is 9.88 Å². The van der Waals surface area contributed by atoms with Gasteiger partial charge in [-0.05, 0) is 49.1 Å². The summed E-state index contributed by atoms with van der Waals surface area (Å²) in [5, 5.41) is 8.72. The number of hydrogen-bond acceptors (Lipinski definition) is 2. The van der Waals surface area contributed by atoms with Crippen molar-refractivity contribution in [1.82, 2.24) is 14.3 Å². The van der Waals surface area contributed by atoms with Gasteiger partial charge in [-0.25, -0.2) is 0 Å². The fraction of sp³-hybridized carbons (Fsp3) is 0.182. The van der Waals surface area contributed by atoms with E-state index in [0.717, 1.165) is 37.9 Å². The molecule has 0 saturated heterocycles. The molecule has 0 atom stereocenters. The Bertz CT molecular complexity index is 1170. The van der Waals surface area contributed by atoms with E-state index in [9.17, 15) is 4.79 Å². The van der Waals surface area contributed by atoms with Gasteiger partial charge in [0.15, 0.2) is 0 Å². The molecular weight excluding hydrogens is 416 g/mol. The summed E-state index contributed by atoms with van der Waals surface area (Å²) in [5.41, 5.74) is 4.96. The number of carbonyl (C=O) groups is 1. The number of carbonyl (C=O) groups excluding carboxylic acids is 1. The van der Waals surface area contributed by atoms with Crippen LogP contribution in [0.4, 0.5) is 5.82 Å². The highest BCUT2D eigenvalue weighted by molar-refractivity contribution is 9.10. The number of amides is 1. The van der Waals surface area contributed by atoms with Gasteiger partial charge in [0.05, 0.1) is 5.69 Å². The van der Waals surface area contributed by atoms with Crippen LogP contribution >= 0.6 is 15.9 Å². The first-order chi connectivity index (χ1) is 13.4. The molecule has 2 aromatic carbocycles. The van der Waals surface area contributed by atoms with Gasteiger partial charge in [-0.2, -0.15) is 5.10 Å². The zero-order valence-corrected chi connectivity index (χ0v) is 17.6. The van der Waals surface area contributed by atoms with E-state index in [1.165, 1.54) is 0 Å². The molecule has 0 unspecified atom stereocenters. The highest BCUT2D eigenvalue weighted by Crippen LogP contribution is 2.32. The molecule has 1 N–H and O–H groups in total. The molecule has 2 aromatic heterocycles. The lowest BCUT2D eigenvalue weighted by atomic mass is 10.1. The van der Waals surface area contributed by atoms with Gasteiger partial charge >= 0.3 is 0 Å². The van der Waals surface area contributed by atoms with Gasteiger partial charge in [0.1, 0.15) is 12.4 Å². The molecule has 0 aliphatic rings. The van der Waals surface area contributed by atoms with Crippen LogP contribution in [0.15, 0.2) is 59.1 Å². The van der Waals surface area contributed by atoms with Crippen LogP contribution in [0.2, 0.25) is 0 Å². The average molecular weight is 437 g/mol.